The number of aromatic nitrogens is 1. The molecule has 4 N–H and O–H groups in total. The van der Waals surface area contributed by atoms with Gasteiger partial charge in [-0.3, -0.25) is 0 Å². The maximum atomic E-state index is 10.4. The Bertz CT molecular complexity index is 969. The average molecular weight is 363 g/mol. The summed E-state index contributed by atoms with van der Waals surface area (Å²) in [4.78, 5) is 3.19. The van der Waals surface area contributed by atoms with Gasteiger partial charge in [-0.15, -0.1) is 0 Å². The molecule has 3 rings (SSSR count). The fraction of sp³-hybridized carbons (Fsp3) is 0.318. The highest BCUT2D eigenvalue weighted by atomic mass is 16.3. The monoisotopic (exact) mass is 363 g/mol. The fourth-order valence-electron chi connectivity index (χ4n) is 3.39. The van der Waals surface area contributed by atoms with Crippen molar-refractivity contribution in [3.63, 3.8) is 0 Å². The van der Waals surface area contributed by atoms with Crippen LogP contribution in [-0.2, 0) is 12.8 Å². The second kappa shape index (κ2) is 7.83. The zero-order valence-electron chi connectivity index (χ0n) is 15.7. The lowest BCUT2D eigenvalue weighted by Crippen LogP contribution is -2.45. The lowest BCUT2D eigenvalue weighted by atomic mass is 9.94. The topological polar surface area (TPSA) is 92.1 Å². The molecule has 27 heavy (non-hydrogen) atoms. The number of aromatic hydroxyl groups is 1. The van der Waals surface area contributed by atoms with Gasteiger partial charge in [0.05, 0.1) is 17.7 Å². The lowest BCUT2D eigenvalue weighted by molar-refractivity contribution is 0.158. The maximum Gasteiger partial charge on any atom is 0.117 e. The van der Waals surface area contributed by atoms with Crippen LogP contribution in [0.5, 0.6) is 5.75 Å². The summed E-state index contributed by atoms with van der Waals surface area (Å²) < 4.78 is 0. The van der Waals surface area contributed by atoms with Crippen LogP contribution in [0, 0.1) is 11.3 Å². The van der Waals surface area contributed by atoms with Crippen molar-refractivity contribution in [1.82, 2.24) is 10.3 Å². The van der Waals surface area contributed by atoms with Crippen molar-refractivity contribution in [1.29, 1.82) is 5.26 Å². The minimum Gasteiger partial charge on any atom is -0.508 e. The molecule has 2 aromatic carbocycles. The molecule has 1 atom stereocenters. The molecule has 0 bridgehead atoms. The molecule has 0 saturated carbocycles. The second-order valence-corrected chi connectivity index (χ2v) is 7.61. The number of β-amino-alcohol motifs (C(OH)–C–C–N with tert-alkyl or cyclic N) is 1. The van der Waals surface area contributed by atoms with Crippen LogP contribution in [0.3, 0.4) is 0 Å². The predicted molar refractivity (Wildman–Crippen MR) is 107 cm³/mol. The molecule has 1 unspecified atom stereocenters. The van der Waals surface area contributed by atoms with E-state index in [1.54, 1.807) is 18.2 Å². The van der Waals surface area contributed by atoms with E-state index in [2.05, 4.69) is 30.2 Å². The van der Waals surface area contributed by atoms with E-state index in [1.807, 2.05) is 30.5 Å². The van der Waals surface area contributed by atoms with Gasteiger partial charge in [-0.1, -0.05) is 18.2 Å². The van der Waals surface area contributed by atoms with Gasteiger partial charge >= 0.3 is 0 Å². The Hall–Kier alpha value is -2.81. The first-order valence-electron chi connectivity index (χ1n) is 9.08. The Labute approximate surface area is 159 Å². The minimum atomic E-state index is -0.571. The first-order chi connectivity index (χ1) is 12.9. The van der Waals surface area contributed by atoms with E-state index in [4.69, 9.17) is 0 Å². The van der Waals surface area contributed by atoms with Crippen LogP contribution in [0.2, 0.25) is 0 Å². The summed E-state index contributed by atoms with van der Waals surface area (Å²) >= 11 is 0. The van der Waals surface area contributed by atoms with E-state index in [9.17, 15) is 15.5 Å². The molecular weight excluding hydrogens is 338 g/mol. The molecule has 0 aliphatic heterocycles. The molecule has 140 valence electrons. The third-order valence-electron chi connectivity index (χ3n) is 4.79. The molecule has 0 saturated heterocycles. The van der Waals surface area contributed by atoms with Crippen molar-refractivity contribution in [3.8, 4) is 11.8 Å². The smallest absolute Gasteiger partial charge is 0.117 e. The summed E-state index contributed by atoms with van der Waals surface area (Å²) in [6, 6.07) is 14.9. The number of nitriles is 1. The summed E-state index contributed by atoms with van der Waals surface area (Å²) in [5, 5.41) is 33.7. The van der Waals surface area contributed by atoms with Crippen LogP contribution in [0.15, 0.2) is 48.7 Å². The molecule has 3 aromatic rings. The van der Waals surface area contributed by atoms with Crippen LogP contribution in [0.4, 0.5) is 0 Å². The molecule has 0 spiro atoms. The van der Waals surface area contributed by atoms with Crippen molar-refractivity contribution in [2.24, 2.45) is 0 Å². The Morgan fingerprint density at radius 1 is 1.19 bits per heavy atom. The van der Waals surface area contributed by atoms with Gasteiger partial charge in [0.2, 0.25) is 0 Å². The number of nitrogens with zero attached hydrogens (tertiary/aromatic N) is 1. The van der Waals surface area contributed by atoms with E-state index < -0.39 is 6.10 Å². The maximum absolute atomic E-state index is 10.4. The van der Waals surface area contributed by atoms with Gasteiger partial charge in [0.15, 0.2) is 0 Å². The molecule has 0 radical (unpaired) electrons. The minimum absolute atomic E-state index is 0.220. The number of phenolic OH excluding ortho intramolecular Hbond substituents is 1. The van der Waals surface area contributed by atoms with Crippen molar-refractivity contribution in [2.45, 2.75) is 38.3 Å². The third kappa shape index (κ3) is 4.68. The van der Waals surface area contributed by atoms with Crippen molar-refractivity contribution >= 4 is 10.9 Å². The molecule has 0 aliphatic carbocycles. The van der Waals surface area contributed by atoms with Gasteiger partial charge < -0.3 is 20.5 Å². The molecule has 1 aromatic heterocycles. The molecule has 5 nitrogen and oxygen atoms in total. The summed E-state index contributed by atoms with van der Waals surface area (Å²) in [5.74, 6) is 0.244. The first kappa shape index (κ1) is 19.0. The standard InChI is InChI=1S/C22H25N3O2/c1-22(2,11-17-13-24-21-10-18(26)7-8-20(17)21)25-14-19(27)9-15-5-3-4-6-16(15)12-23/h3-8,10,13,19,24-27H,9,11,14H2,1-2H3. The average Bonchev–Trinajstić information content (AvgIpc) is 3.02. The Morgan fingerprint density at radius 3 is 2.74 bits per heavy atom. The van der Waals surface area contributed by atoms with E-state index >= 15 is 0 Å². The number of nitrogens with one attached hydrogen (secondary N) is 2. The molecular formula is C22H25N3O2. The predicted octanol–water partition coefficient (Wildman–Crippen LogP) is 3.26. The lowest BCUT2D eigenvalue weighted by Gasteiger charge is -2.28. The second-order valence-electron chi connectivity index (χ2n) is 7.61. The SMILES string of the molecule is CC(C)(Cc1c[nH]c2cc(O)ccc12)NCC(O)Cc1ccccc1C#N. The summed E-state index contributed by atoms with van der Waals surface area (Å²) in [7, 11) is 0. The van der Waals surface area contributed by atoms with Crippen LogP contribution >= 0.6 is 0 Å². The van der Waals surface area contributed by atoms with Crippen molar-refractivity contribution < 1.29 is 10.2 Å². The van der Waals surface area contributed by atoms with Gasteiger partial charge in [0.25, 0.3) is 0 Å². The highest BCUT2D eigenvalue weighted by molar-refractivity contribution is 5.84. The zero-order chi connectivity index (χ0) is 19.4. The van der Waals surface area contributed by atoms with Gasteiger partial charge in [-0.2, -0.15) is 5.26 Å². The number of rotatable bonds is 7. The zero-order valence-corrected chi connectivity index (χ0v) is 15.7. The number of benzene rings is 2. The third-order valence-corrected chi connectivity index (χ3v) is 4.79. The van der Waals surface area contributed by atoms with E-state index in [0.717, 1.165) is 28.5 Å². The van der Waals surface area contributed by atoms with Crippen molar-refractivity contribution in [2.75, 3.05) is 6.54 Å². The summed E-state index contributed by atoms with van der Waals surface area (Å²) in [5.41, 5.74) is 3.32. The van der Waals surface area contributed by atoms with E-state index in [0.29, 0.717) is 18.5 Å². The number of hydrogen-bond donors (Lipinski definition) is 4. The van der Waals surface area contributed by atoms with Gasteiger partial charge in [0, 0.05) is 41.7 Å². The Balaban J connectivity index is 1.61. The normalized spacial score (nSPS) is 12.8. The fourth-order valence-corrected chi connectivity index (χ4v) is 3.39. The van der Waals surface area contributed by atoms with Crippen LogP contribution < -0.4 is 5.32 Å². The van der Waals surface area contributed by atoms with E-state index in [-0.39, 0.29) is 11.3 Å². The van der Waals surface area contributed by atoms with Gasteiger partial charge in [-0.05, 0) is 49.6 Å². The van der Waals surface area contributed by atoms with E-state index in [1.165, 1.54) is 0 Å². The van der Waals surface area contributed by atoms with Crippen LogP contribution in [-0.4, -0.2) is 33.4 Å². The van der Waals surface area contributed by atoms with Gasteiger partial charge in [0.1, 0.15) is 5.75 Å². The Morgan fingerprint density at radius 2 is 1.96 bits per heavy atom. The number of phenols is 1. The molecule has 0 fully saturated rings. The quantitative estimate of drug-likeness (QED) is 0.518. The molecule has 0 aliphatic rings. The number of aromatic amines is 1. The number of aliphatic hydroxyl groups excluding tert-OH is 1. The highest BCUT2D eigenvalue weighted by Crippen LogP contribution is 2.25. The summed E-state index contributed by atoms with van der Waals surface area (Å²) in [6.45, 7) is 4.64. The number of H-pyrrole nitrogens is 1. The van der Waals surface area contributed by atoms with Gasteiger partial charge in [-0.25, -0.2) is 0 Å². The molecule has 1 heterocycles. The Kier molecular flexibility index (Phi) is 5.50. The first-order valence-corrected chi connectivity index (χ1v) is 9.08. The van der Waals surface area contributed by atoms with Crippen molar-refractivity contribution in [3.05, 3.63) is 65.4 Å². The van der Waals surface area contributed by atoms with Crippen LogP contribution in [0.1, 0.15) is 30.5 Å². The number of aliphatic hydroxyl groups is 1. The summed E-state index contributed by atoms with van der Waals surface area (Å²) in [6.07, 6.45) is 2.62. The molecule has 0 amide bonds. The number of fused-ring (bicyclic) bond motifs is 1. The largest absolute Gasteiger partial charge is 0.508 e. The molecule has 5 heteroatoms. The highest BCUT2D eigenvalue weighted by Gasteiger charge is 2.21. The van der Waals surface area contributed by atoms with Crippen LogP contribution in [0.25, 0.3) is 10.9 Å². The number of hydrogen-bond acceptors (Lipinski definition) is 4.